The van der Waals surface area contributed by atoms with Gasteiger partial charge >= 0.3 is 0 Å². The fourth-order valence-corrected chi connectivity index (χ4v) is 3.87. The van der Waals surface area contributed by atoms with E-state index < -0.39 is 0 Å². The molecule has 3 heterocycles. The molecule has 10 heteroatoms. The normalized spacial score (nSPS) is 11.0. The number of thioether (sulfide) groups is 1. The van der Waals surface area contributed by atoms with E-state index in [1.165, 1.54) is 23.1 Å². The number of hydrogen-bond acceptors (Lipinski definition) is 8. The highest BCUT2D eigenvalue weighted by Crippen LogP contribution is 2.23. The second kappa shape index (κ2) is 7.41. The molecule has 136 valence electrons. The van der Waals surface area contributed by atoms with Crippen LogP contribution >= 0.6 is 23.1 Å². The Kier molecular flexibility index (Phi) is 4.82. The van der Waals surface area contributed by atoms with Gasteiger partial charge < -0.3 is 0 Å². The summed E-state index contributed by atoms with van der Waals surface area (Å²) in [4.78, 5) is 21.4. The molecule has 8 nitrogen and oxygen atoms in total. The Bertz CT molecular complexity index is 1110. The lowest BCUT2D eigenvalue weighted by molar-refractivity contribution is 0.102. The number of aryl methyl sites for hydroxylation is 2. The first-order valence-electron chi connectivity index (χ1n) is 8.09. The fraction of sp³-hybridized carbons (Fsp3) is 0.176. The summed E-state index contributed by atoms with van der Waals surface area (Å²) in [7, 11) is 0. The number of fused-ring (bicyclic) bond motifs is 1. The van der Waals surface area contributed by atoms with Crippen molar-refractivity contribution in [3.63, 3.8) is 0 Å². The van der Waals surface area contributed by atoms with Crippen LogP contribution < -0.4 is 5.32 Å². The van der Waals surface area contributed by atoms with Crippen molar-refractivity contribution < 1.29 is 4.79 Å². The molecule has 3 aromatic heterocycles. The quantitative estimate of drug-likeness (QED) is 0.517. The lowest BCUT2D eigenvalue weighted by atomic mass is 10.1. The summed E-state index contributed by atoms with van der Waals surface area (Å²) in [5.41, 5.74) is 4.94. The number of aromatic nitrogens is 6. The second-order valence-electron chi connectivity index (χ2n) is 5.79. The monoisotopic (exact) mass is 397 g/mol. The molecule has 0 saturated carbocycles. The number of anilines is 1. The molecule has 1 amide bonds. The summed E-state index contributed by atoms with van der Waals surface area (Å²) in [6.07, 6.45) is 0. The topological polar surface area (TPSA) is 98.0 Å². The van der Waals surface area contributed by atoms with Gasteiger partial charge in [0.1, 0.15) is 5.51 Å². The minimum atomic E-state index is -0.209. The number of carbonyl (C=O) groups excluding carboxylic acids is 1. The summed E-state index contributed by atoms with van der Waals surface area (Å²) in [6.45, 7) is 3.90. The number of carbonyl (C=O) groups is 1. The van der Waals surface area contributed by atoms with Crippen LogP contribution in [0.3, 0.4) is 0 Å². The van der Waals surface area contributed by atoms with Crippen LogP contribution in [0.25, 0.3) is 5.78 Å². The lowest BCUT2D eigenvalue weighted by Gasteiger charge is -2.07. The Labute approximate surface area is 163 Å². The molecule has 0 saturated heterocycles. The van der Waals surface area contributed by atoms with Crippen molar-refractivity contribution in [1.82, 2.24) is 29.8 Å². The highest BCUT2D eigenvalue weighted by atomic mass is 32.2. The van der Waals surface area contributed by atoms with Crippen molar-refractivity contribution in [1.29, 1.82) is 0 Å². The maximum Gasteiger partial charge on any atom is 0.257 e. The molecule has 0 aliphatic heterocycles. The van der Waals surface area contributed by atoms with E-state index in [2.05, 4.69) is 30.6 Å². The minimum absolute atomic E-state index is 0.209. The van der Waals surface area contributed by atoms with Gasteiger partial charge in [0, 0.05) is 22.7 Å². The fourth-order valence-electron chi connectivity index (χ4n) is 2.61. The highest BCUT2D eigenvalue weighted by molar-refractivity contribution is 7.98. The summed E-state index contributed by atoms with van der Waals surface area (Å²) >= 11 is 2.74. The summed E-state index contributed by atoms with van der Waals surface area (Å²) in [5.74, 6) is 0.936. The van der Waals surface area contributed by atoms with Gasteiger partial charge in [-0.1, -0.05) is 41.3 Å². The first-order chi connectivity index (χ1) is 13.1. The van der Waals surface area contributed by atoms with Crippen LogP contribution in [0.4, 0.5) is 5.13 Å². The molecule has 4 aromatic rings. The van der Waals surface area contributed by atoms with Gasteiger partial charge in [-0.25, -0.2) is 9.50 Å². The third-order valence-corrected chi connectivity index (χ3v) is 5.29. The average Bonchev–Trinajstić information content (AvgIpc) is 3.29. The molecule has 1 N–H and O–H groups in total. The zero-order valence-electron chi connectivity index (χ0n) is 14.6. The molecular weight excluding hydrogens is 382 g/mol. The number of nitrogens with zero attached hydrogens (tertiary/aromatic N) is 6. The van der Waals surface area contributed by atoms with E-state index in [4.69, 9.17) is 0 Å². The van der Waals surface area contributed by atoms with E-state index in [1.807, 2.05) is 38.1 Å². The summed E-state index contributed by atoms with van der Waals surface area (Å²) in [5, 5.41) is 15.9. The van der Waals surface area contributed by atoms with Crippen molar-refractivity contribution in [3.05, 3.63) is 58.4 Å². The van der Waals surface area contributed by atoms with Gasteiger partial charge in [0.2, 0.25) is 10.3 Å². The van der Waals surface area contributed by atoms with Gasteiger partial charge in [0.25, 0.3) is 11.7 Å². The van der Waals surface area contributed by atoms with Crippen LogP contribution in [0, 0.1) is 13.8 Å². The Morgan fingerprint density at radius 1 is 1.26 bits per heavy atom. The Morgan fingerprint density at radius 2 is 2.11 bits per heavy atom. The molecule has 0 radical (unpaired) electrons. The SMILES string of the molecule is Cc1cc(C)n2nc(SCc3ccccc3C(=O)Nc3nncs3)nc2n1. The van der Waals surface area contributed by atoms with Gasteiger partial charge in [0.15, 0.2) is 0 Å². The van der Waals surface area contributed by atoms with Gasteiger partial charge in [-0.3, -0.25) is 10.1 Å². The largest absolute Gasteiger partial charge is 0.296 e. The number of benzene rings is 1. The van der Waals surface area contributed by atoms with E-state index >= 15 is 0 Å². The molecule has 27 heavy (non-hydrogen) atoms. The number of hydrogen-bond donors (Lipinski definition) is 1. The molecule has 0 atom stereocenters. The number of amides is 1. The zero-order valence-corrected chi connectivity index (χ0v) is 16.2. The van der Waals surface area contributed by atoms with Crippen molar-refractivity contribution >= 4 is 39.9 Å². The van der Waals surface area contributed by atoms with Gasteiger partial charge in [-0.05, 0) is 31.5 Å². The van der Waals surface area contributed by atoms with Gasteiger partial charge in [0.05, 0.1) is 0 Å². The van der Waals surface area contributed by atoms with Crippen molar-refractivity contribution in [2.75, 3.05) is 5.32 Å². The Balaban J connectivity index is 1.53. The van der Waals surface area contributed by atoms with Gasteiger partial charge in [-0.2, -0.15) is 4.98 Å². The Morgan fingerprint density at radius 3 is 2.93 bits per heavy atom. The van der Waals surface area contributed by atoms with Crippen LogP contribution in [0.5, 0.6) is 0 Å². The van der Waals surface area contributed by atoms with Gasteiger partial charge in [-0.15, -0.1) is 15.3 Å². The molecule has 1 aromatic carbocycles. The summed E-state index contributed by atoms with van der Waals surface area (Å²) in [6, 6.07) is 9.42. The van der Waals surface area contributed by atoms with Crippen molar-refractivity contribution in [2.45, 2.75) is 24.8 Å². The van der Waals surface area contributed by atoms with E-state index in [-0.39, 0.29) is 5.91 Å². The highest BCUT2D eigenvalue weighted by Gasteiger charge is 2.14. The molecule has 0 aliphatic carbocycles. The third kappa shape index (κ3) is 3.81. The lowest BCUT2D eigenvalue weighted by Crippen LogP contribution is -2.13. The molecule has 4 rings (SSSR count). The van der Waals surface area contributed by atoms with E-state index in [9.17, 15) is 4.79 Å². The van der Waals surface area contributed by atoms with Crippen LogP contribution in [0.1, 0.15) is 27.3 Å². The zero-order chi connectivity index (χ0) is 18.8. The maximum atomic E-state index is 12.5. The van der Waals surface area contributed by atoms with Crippen molar-refractivity contribution in [3.8, 4) is 0 Å². The first kappa shape index (κ1) is 17.6. The first-order valence-corrected chi connectivity index (χ1v) is 9.96. The molecule has 0 spiro atoms. The van der Waals surface area contributed by atoms with Crippen LogP contribution in [-0.4, -0.2) is 35.7 Å². The molecule has 0 bridgehead atoms. The van der Waals surface area contributed by atoms with Crippen LogP contribution in [-0.2, 0) is 5.75 Å². The van der Waals surface area contributed by atoms with Crippen molar-refractivity contribution in [2.24, 2.45) is 0 Å². The average molecular weight is 397 g/mol. The van der Waals surface area contributed by atoms with E-state index in [0.717, 1.165) is 17.0 Å². The predicted octanol–water partition coefficient (Wildman–Crippen LogP) is 3.14. The summed E-state index contributed by atoms with van der Waals surface area (Å²) < 4.78 is 1.73. The second-order valence-corrected chi connectivity index (χ2v) is 7.56. The molecule has 0 unspecified atom stereocenters. The number of nitrogens with one attached hydrogen (secondary N) is 1. The van der Waals surface area contributed by atoms with Crippen LogP contribution in [0.2, 0.25) is 0 Å². The van der Waals surface area contributed by atoms with E-state index in [1.54, 1.807) is 16.1 Å². The predicted molar refractivity (Wildman–Crippen MR) is 104 cm³/mol. The smallest absolute Gasteiger partial charge is 0.257 e. The standard InChI is InChI=1S/C17H15N7OS2/c1-10-7-11(2)24-15(19-10)21-17(23-24)26-8-12-5-3-4-6-13(12)14(25)20-16-22-18-9-27-16/h3-7,9H,8H2,1-2H3,(H,20,22,25). The van der Waals surface area contributed by atoms with E-state index in [0.29, 0.717) is 27.4 Å². The Hall–Kier alpha value is -2.85. The minimum Gasteiger partial charge on any atom is -0.296 e. The molecule has 0 fully saturated rings. The van der Waals surface area contributed by atoms with Crippen LogP contribution in [0.15, 0.2) is 41.0 Å². The maximum absolute atomic E-state index is 12.5. The molecule has 0 aliphatic rings. The third-order valence-electron chi connectivity index (χ3n) is 3.80. The number of rotatable bonds is 5. The molecular formula is C17H15N7OS2.